The van der Waals surface area contributed by atoms with Gasteiger partial charge >= 0.3 is 5.97 Å². The second kappa shape index (κ2) is 11.3. The summed E-state index contributed by atoms with van der Waals surface area (Å²) >= 11 is 0. The van der Waals surface area contributed by atoms with E-state index < -0.39 is 5.97 Å². The largest absolute Gasteiger partial charge is 0.494 e. The van der Waals surface area contributed by atoms with Gasteiger partial charge in [0.15, 0.2) is 0 Å². The Kier molecular flexibility index (Phi) is 8.37. The molecule has 0 aromatic heterocycles. The molecular formula is C22H21O5. The monoisotopic (exact) mass is 365 g/mol. The molecule has 1 radical (unpaired) electrons. The van der Waals surface area contributed by atoms with Gasteiger partial charge in [-0.05, 0) is 54.3 Å². The molecule has 139 valence electrons. The number of benzene rings is 2. The van der Waals surface area contributed by atoms with Gasteiger partial charge in [0.2, 0.25) is 0 Å². The van der Waals surface area contributed by atoms with Crippen LogP contribution in [0, 0.1) is 0 Å². The lowest BCUT2D eigenvalue weighted by Gasteiger charge is -2.07. The summed E-state index contributed by atoms with van der Waals surface area (Å²) in [5, 5.41) is 10.2. The number of hydrogen-bond donors (Lipinski definition) is 0. The van der Waals surface area contributed by atoms with E-state index in [1.807, 2.05) is 48.5 Å². The van der Waals surface area contributed by atoms with E-state index in [-0.39, 0.29) is 0 Å². The molecule has 0 saturated carbocycles. The van der Waals surface area contributed by atoms with E-state index in [4.69, 9.17) is 9.47 Å². The third-order valence-corrected chi connectivity index (χ3v) is 3.61. The lowest BCUT2D eigenvalue weighted by molar-refractivity contribution is -0.137. The Morgan fingerprint density at radius 2 is 1.52 bits per heavy atom. The van der Waals surface area contributed by atoms with Gasteiger partial charge in [0, 0.05) is 12.5 Å². The third-order valence-electron chi connectivity index (χ3n) is 3.61. The van der Waals surface area contributed by atoms with Crippen LogP contribution < -0.4 is 9.47 Å². The molecule has 0 N–H and O–H groups in total. The Morgan fingerprint density at radius 3 is 2.11 bits per heavy atom. The van der Waals surface area contributed by atoms with Gasteiger partial charge in [0.25, 0.3) is 0 Å². The number of rotatable bonds is 11. The van der Waals surface area contributed by atoms with Crippen molar-refractivity contribution in [3.63, 3.8) is 0 Å². The quantitative estimate of drug-likeness (QED) is 0.254. The second-order valence-corrected chi connectivity index (χ2v) is 5.65. The molecule has 5 nitrogen and oxygen atoms in total. The average molecular weight is 365 g/mol. The van der Waals surface area contributed by atoms with E-state index in [1.54, 1.807) is 12.2 Å². The standard InChI is InChI=1S/C22H21O5/c23-15-3-5-17-27-21-13-9-19(10-14-21)18-7-11-20(12-8-18)26-16-4-1-2-6-22(24)25/h2,5-15,17H,1,3-4,16H2. The summed E-state index contributed by atoms with van der Waals surface area (Å²) in [6, 6.07) is 15.4. The van der Waals surface area contributed by atoms with Gasteiger partial charge in [-0.1, -0.05) is 30.3 Å². The minimum Gasteiger partial charge on any atom is -0.494 e. The van der Waals surface area contributed by atoms with Gasteiger partial charge in [0.05, 0.1) is 12.9 Å². The number of hydrogen-bond acceptors (Lipinski definition) is 4. The fraction of sp³-hybridized carbons (Fsp3) is 0.182. The van der Waals surface area contributed by atoms with E-state index >= 15 is 0 Å². The van der Waals surface area contributed by atoms with Crippen molar-refractivity contribution in [2.24, 2.45) is 0 Å². The maximum Gasteiger partial charge on any atom is 0.378 e. The molecular weight excluding hydrogens is 344 g/mol. The molecule has 0 amide bonds. The number of carbonyl (C=O) groups is 2. The Bertz CT molecular complexity index is 773. The summed E-state index contributed by atoms with van der Waals surface area (Å²) in [6.07, 6.45) is 8.26. The third kappa shape index (κ3) is 7.61. The Hall–Kier alpha value is -3.34. The van der Waals surface area contributed by atoms with Crippen LogP contribution in [-0.4, -0.2) is 18.9 Å². The van der Waals surface area contributed by atoms with Gasteiger partial charge in [0.1, 0.15) is 17.8 Å². The van der Waals surface area contributed by atoms with Crippen molar-refractivity contribution < 1.29 is 24.2 Å². The zero-order valence-corrected chi connectivity index (χ0v) is 14.9. The Labute approximate surface area is 158 Å². The molecule has 0 aliphatic carbocycles. The summed E-state index contributed by atoms with van der Waals surface area (Å²) in [6.45, 7) is 0.514. The van der Waals surface area contributed by atoms with E-state index in [0.717, 1.165) is 35.7 Å². The molecule has 2 rings (SSSR count). The minimum absolute atomic E-state index is 0.336. The zero-order valence-electron chi connectivity index (χ0n) is 14.9. The highest BCUT2D eigenvalue weighted by atomic mass is 16.5. The van der Waals surface area contributed by atoms with Gasteiger partial charge < -0.3 is 14.3 Å². The summed E-state index contributed by atoms with van der Waals surface area (Å²) in [7, 11) is 0. The van der Waals surface area contributed by atoms with Crippen molar-refractivity contribution in [2.45, 2.75) is 19.3 Å². The molecule has 0 atom stereocenters. The van der Waals surface area contributed by atoms with Crippen molar-refractivity contribution in [3.8, 4) is 22.6 Å². The fourth-order valence-electron chi connectivity index (χ4n) is 2.28. The number of ether oxygens (including phenoxy) is 2. The van der Waals surface area contributed by atoms with Crippen molar-refractivity contribution in [1.82, 2.24) is 0 Å². The van der Waals surface area contributed by atoms with Crippen molar-refractivity contribution in [1.29, 1.82) is 0 Å². The molecule has 5 heteroatoms. The van der Waals surface area contributed by atoms with Crippen molar-refractivity contribution >= 4 is 12.3 Å². The van der Waals surface area contributed by atoms with Crippen LogP contribution in [0.4, 0.5) is 0 Å². The summed E-state index contributed by atoms with van der Waals surface area (Å²) < 4.78 is 11.0. The van der Waals surface area contributed by atoms with Gasteiger partial charge in [-0.3, -0.25) is 0 Å². The first-order valence-corrected chi connectivity index (χ1v) is 8.65. The Morgan fingerprint density at radius 1 is 0.889 bits per heavy atom. The van der Waals surface area contributed by atoms with Crippen molar-refractivity contribution in [2.75, 3.05) is 6.61 Å². The van der Waals surface area contributed by atoms with Crippen LogP contribution in [0.5, 0.6) is 11.5 Å². The highest BCUT2D eigenvalue weighted by molar-refractivity contribution is 5.79. The van der Waals surface area contributed by atoms with Crippen LogP contribution in [0.2, 0.25) is 0 Å². The fourth-order valence-corrected chi connectivity index (χ4v) is 2.28. The first-order chi connectivity index (χ1) is 13.2. The molecule has 27 heavy (non-hydrogen) atoms. The summed E-state index contributed by atoms with van der Waals surface area (Å²) in [5.74, 6) is 0.289. The number of unbranched alkanes of at least 4 members (excludes halogenated alkanes) is 1. The molecule has 2 aromatic carbocycles. The normalized spacial score (nSPS) is 11.0. The van der Waals surface area contributed by atoms with Crippen LogP contribution in [-0.2, 0) is 14.7 Å². The lowest BCUT2D eigenvalue weighted by Crippen LogP contribution is -1.96. The molecule has 0 aliphatic rings. The summed E-state index contributed by atoms with van der Waals surface area (Å²) in [5.41, 5.74) is 2.11. The maximum atomic E-state index is 10.2. The molecule has 0 aliphatic heterocycles. The highest BCUT2D eigenvalue weighted by Gasteiger charge is 2.00. The zero-order chi connectivity index (χ0) is 19.3. The van der Waals surface area contributed by atoms with Gasteiger partial charge in [-0.2, -0.15) is 0 Å². The molecule has 0 bridgehead atoms. The van der Waals surface area contributed by atoms with Crippen LogP contribution in [0.3, 0.4) is 0 Å². The van der Waals surface area contributed by atoms with Gasteiger partial charge in [-0.15, -0.1) is 0 Å². The molecule has 0 spiro atoms. The lowest BCUT2D eigenvalue weighted by atomic mass is 10.1. The predicted octanol–water partition coefficient (Wildman–Crippen LogP) is 4.51. The molecule has 0 heterocycles. The molecule has 2 aromatic rings. The molecule has 0 fully saturated rings. The maximum absolute atomic E-state index is 10.2. The van der Waals surface area contributed by atoms with Gasteiger partial charge in [-0.25, -0.2) is 9.90 Å². The predicted molar refractivity (Wildman–Crippen MR) is 102 cm³/mol. The smallest absolute Gasteiger partial charge is 0.378 e. The van der Waals surface area contributed by atoms with E-state index in [1.165, 1.54) is 6.26 Å². The first kappa shape index (κ1) is 20.0. The van der Waals surface area contributed by atoms with E-state index in [2.05, 4.69) is 0 Å². The topological polar surface area (TPSA) is 72.5 Å². The van der Waals surface area contributed by atoms with Crippen LogP contribution in [0.1, 0.15) is 19.3 Å². The molecule has 0 saturated heterocycles. The van der Waals surface area contributed by atoms with Crippen LogP contribution >= 0.6 is 0 Å². The second-order valence-electron chi connectivity index (χ2n) is 5.65. The molecule has 0 unspecified atom stereocenters. The van der Waals surface area contributed by atoms with E-state index in [0.29, 0.717) is 25.2 Å². The van der Waals surface area contributed by atoms with Crippen LogP contribution in [0.15, 0.2) is 73.0 Å². The number of aldehydes is 1. The van der Waals surface area contributed by atoms with Crippen molar-refractivity contribution in [3.05, 3.63) is 73.0 Å². The van der Waals surface area contributed by atoms with Crippen LogP contribution in [0.25, 0.3) is 11.1 Å². The number of allylic oxidation sites excluding steroid dienone is 2. The first-order valence-electron chi connectivity index (χ1n) is 8.65. The average Bonchev–Trinajstić information content (AvgIpc) is 2.69. The number of carbonyl (C=O) groups excluding carboxylic acids is 2. The van der Waals surface area contributed by atoms with E-state index in [9.17, 15) is 14.7 Å². The highest BCUT2D eigenvalue weighted by Crippen LogP contribution is 2.24. The summed E-state index contributed by atoms with van der Waals surface area (Å²) in [4.78, 5) is 20.5. The SMILES string of the molecule is [O]C(=O)C=CCCCOc1ccc(-c2ccc(OC=CCC=O)cc2)cc1. The minimum atomic E-state index is -1.18. The Balaban J connectivity index is 1.82.